The quantitative estimate of drug-likeness (QED) is 0.243. The number of nitrogens with zero attached hydrogens (tertiary/aromatic N) is 1. The molecule has 188 valence electrons. The summed E-state index contributed by atoms with van der Waals surface area (Å²) in [5.41, 5.74) is 0.388. The average Bonchev–Trinajstić information content (AvgIpc) is 2.78. The molecular weight excluding hydrogens is 522 g/mol. The van der Waals surface area contributed by atoms with Crippen LogP contribution in [0.1, 0.15) is 63.2 Å². The Labute approximate surface area is 215 Å². The molecule has 0 aliphatic carbocycles. The summed E-state index contributed by atoms with van der Waals surface area (Å²) in [6.45, 7) is 7.98. The first kappa shape index (κ1) is 28.0. The van der Waals surface area contributed by atoms with Gasteiger partial charge in [-0.3, -0.25) is 19.7 Å². The maximum absolute atomic E-state index is 12.8. The average molecular weight is 557 g/mol. The van der Waals surface area contributed by atoms with E-state index in [1.165, 1.54) is 0 Å². The van der Waals surface area contributed by atoms with Crippen molar-refractivity contribution in [2.45, 2.75) is 58.9 Å². The molecular formula is C24H34BrN3O5S. The number of hydrogen-bond acceptors (Lipinski definition) is 6. The molecule has 1 unspecified atom stereocenters. The molecule has 8 nitrogen and oxygen atoms in total. The Balaban J connectivity index is 1.97. The number of carbonyl (C=O) groups is 3. The number of ether oxygens (including phenoxy) is 2. The van der Waals surface area contributed by atoms with Crippen molar-refractivity contribution in [1.82, 2.24) is 15.5 Å². The molecule has 0 radical (unpaired) electrons. The number of amides is 2. The standard InChI is InChI=1S/C24H34BrN3O5S/c1-4-5-6-12-33-21(29)15-19-23(31)26-10-11-28(19)24(34)27-22(30)17-7-8-20(18(25)14-17)32-13-9-16(2)3/h7-8,14,16,19H,4-6,9-13,15H2,1-3H3,(H,26,31)(H,27,30,34). The third-order valence-corrected chi connectivity index (χ3v) is 6.29. The SMILES string of the molecule is CCCCCOC(=O)CC1C(=O)NCCN1C(=S)NC(=O)c1ccc(OCCC(C)C)c(Br)c1. The Hall–Kier alpha value is -2.20. The molecule has 0 aromatic heterocycles. The zero-order valence-electron chi connectivity index (χ0n) is 20.0. The van der Waals surface area contributed by atoms with Crippen molar-refractivity contribution in [3.05, 3.63) is 28.2 Å². The van der Waals surface area contributed by atoms with Gasteiger partial charge >= 0.3 is 5.97 Å². The van der Waals surface area contributed by atoms with Crippen LogP contribution in [0.2, 0.25) is 0 Å². The molecule has 2 N–H and O–H groups in total. The summed E-state index contributed by atoms with van der Waals surface area (Å²) in [5, 5.41) is 5.51. The molecule has 1 aliphatic rings. The van der Waals surface area contributed by atoms with Crippen molar-refractivity contribution < 1.29 is 23.9 Å². The fraction of sp³-hybridized carbons (Fsp3) is 0.583. The third kappa shape index (κ3) is 8.87. The summed E-state index contributed by atoms with van der Waals surface area (Å²) < 4.78 is 11.7. The van der Waals surface area contributed by atoms with E-state index < -0.39 is 17.9 Å². The molecule has 1 aromatic rings. The van der Waals surface area contributed by atoms with E-state index in [9.17, 15) is 14.4 Å². The van der Waals surface area contributed by atoms with E-state index in [0.717, 1.165) is 25.7 Å². The summed E-state index contributed by atoms with van der Waals surface area (Å²) in [7, 11) is 0. The van der Waals surface area contributed by atoms with Gasteiger partial charge in [0.05, 0.1) is 24.1 Å². The highest BCUT2D eigenvalue weighted by molar-refractivity contribution is 9.10. The van der Waals surface area contributed by atoms with E-state index in [1.807, 2.05) is 0 Å². The fourth-order valence-corrected chi connectivity index (χ4v) is 4.12. The highest BCUT2D eigenvalue weighted by atomic mass is 79.9. The number of carbonyl (C=O) groups excluding carboxylic acids is 3. The molecule has 0 spiro atoms. The summed E-state index contributed by atoms with van der Waals surface area (Å²) in [6, 6.07) is 4.22. The number of rotatable bonds is 11. The molecule has 2 rings (SSSR count). The summed E-state index contributed by atoms with van der Waals surface area (Å²) >= 11 is 8.87. The van der Waals surface area contributed by atoms with Gasteiger partial charge in [-0.25, -0.2) is 0 Å². The number of halogens is 1. The second kappa shape index (κ2) is 14.3. The third-order valence-electron chi connectivity index (χ3n) is 5.33. The van der Waals surface area contributed by atoms with Crippen LogP contribution in [0.3, 0.4) is 0 Å². The smallest absolute Gasteiger partial charge is 0.308 e. The van der Waals surface area contributed by atoms with Gasteiger partial charge in [0.1, 0.15) is 11.8 Å². The Kier molecular flexibility index (Phi) is 11.8. The summed E-state index contributed by atoms with van der Waals surface area (Å²) in [4.78, 5) is 39.0. The Morgan fingerprint density at radius 2 is 2.06 bits per heavy atom. The van der Waals surface area contributed by atoms with Crippen molar-refractivity contribution in [2.75, 3.05) is 26.3 Å². The van der Waals surface area contributed by atoms with Crippen LogP contribution in [0.15, 0.2) is 22.7 Å². The molecule has 1 saturated heterocycles. The molecule has 34 heavy (non-hydrogen) atoms. The number of esters is 1. The number of nitrogens with one attached hydrogen (secondary N) is 2. The zero-order valence-corrected chi connectivity index (χ0v) is 22.4. The lowest BCUT2D eigenvalue weighted by Gasteiger charge is -2.36. The number of unbranched alkanes of at least 4 members (excludes halogenated alkanes) is 2. The van der Waals surface area contributed by atoms with Gasteiger partial charge in [0.25, 0.3) is 5.91 Å². The maximum atomic E-state index is 12.8. The number of hydrogen-bond donors (Lipinski definition) is 2. The molecule has 10 heteroatoms. The van der Waals surface area contributed by atoms with E-state index in [-0.39, 0.29) is 17.4 Å². The molecule has 1 atom stereocenters. The number of benzene rings is 1. The van der Waals surface area contributed by atoms with Crippen LogP contribution in [0.5, 0.6) is 5.75 Å². The number of piperazine rings is 1. The second-order valence-electron chi connectivity index (χ2n) is 8.57. The van der Waals surface area contributed by atoms with Crippen LogP contribution in [0.4, 0.5) is 0 Å². The van der Waals surface area contributed by atoms with Crippen molar-refractivity contribution >= 4 is 51.0 Å². The Morgan fingerprint density at radius 3 is 2.74 bits per heavy atom. The van der Waals surface area contributed by atoms with Crippen LogP contribution in [0, 0.1) is 5.92 Å². The molecule has 1 fully saturated rings. The van der Waals surface area contributed by atoms with Crippen LogP contribution < -0.4 is 15.4 Å². The first-order valence-electron chi connectivity index (χ1n) is 11.7. The van der Waals surface area contributed by atoms with E-state index in [1.54, 1.807) is 23.1 Å². The van der Waals surface area contributed by atoms with Gasteiger partial charge in [-0.05, 0) is 65.1 Å². The van der Waals surface area contributed by atoms with Crippen LogP contribution in [-0.2, 0) is 14.3 Å². The largest absolute Gasteiger partial charge is 0.492 e. The normalized spacial score (nSPS) is 15.6. The second-order valence-corrected chi connectivity index (χ2v) is 9.81. The molecule has 1 aliphatic heterocycles. The minimum atomic E-state index is -0.830. The van der Waals surface area contributed by atoms with E-state index >= 15 is 0 Å². The van der Waals surface area contributed by atoms with Gasteiger partial charge in [0.2, 0.25) is 5.91 Å². The summed E-state index contributed by atoms with van der Waals surface area (Å²) in [6.07, 6.45) is 3.57. The molecule has 1 aromatic carbocycles. The first-order valence-corrected chi connectivity index (χ1v) is 12.9. The van der Waals surface area contributed by atoms with Gasteiger partial charge in [-0.1, -0.05) is 33.6 Å². The molecule has 2 amide bonds. The molecule has 0 bridgehead atoms. The van der Waals surface area contributed by atoms with Gasteiger partial charge in [-0.15, -0.1) is 0 Å². The summed E-state index contributed by atoms with van der Waals surface area (Å²) in [5.74, 6) is -0.00184. The Bertz CT molecular complexity index is 880. The topological polar surface area (TPSA) is 97.0 Å². The van der Waals surface area contributed by atoms with Crippen molar-refractivity contribution in [2.24, 2.45) is 5.92 Å². The van der Waals surface area contributed by atoms with Crippen molar-refractivity contribution in [3.63, 3.8) is 0 Å². The zero-order chi connectivity index (χ0) is 25.1. The van der Waals surface area contributed by atoms with Gasteiger partial charge in [0.15, 0.2) is 5.11 Å². The van der Waals surface area contributed by atoms with Gasteiger partial charge in [-0.2, -0.15) is 0 Å². The van der Waals surface area contributed by atoms with Gasteiger partial charge < -0.3 is 19.7 Å². The predicted molar refractivity (Wildman–Crippen MR) is 138 cm³/mol. The minimum absolute atomic E-state index is 0.0945. The van der Waals surface area contributed by atoms with E-state index in [0.29, 0.717) is 48.0 Å². The van der Waals surface area contributed by atoms with Crippen LogP contribution in [0.25, 0.3) is 0 Å². The highest BCUT2D eigenvalue weighted by Gasteiger charge is 2.34. The van der Waals surface area contributed by atoms with Crippen molar-refractivity contribution in [1.29, 1.82) is 0 Å². The minimum Gasteiger partial charge on any atom is -0.492 e. The first-order chi connectivity index (χ1) is 16.2. The predicted octanol–water partition coefficient (Wildman–Crippen LogP) is 3.81. The van der Waals surface area contributed by atoms with E-state index in [2.05, 4.69) is 47.3 Å². The Morgan fingerprint density at radius 1 is 1.29 bits per heavy atom. The lowest BCUT2D eigenvalue weighted by molar-refractivity contribution is -0.147. The van der Waals surface area contributed by atoms with Gasteiger partial charge in [0, 0.05) is 18.7 Å². The lowest BCUT2D eigenvalue weighted by atomic mass is 10.1. The molecule has 0 saturated carbocycles. The van der Waals surface area contributed by atoms with Crippen LogP contribution in [-0.4, -0.2) is 60.1 Å². The maximum Gasteiger partial charge on any atom is 0.308 e. The molecule has 1 heterocycles. The van der Waals surface area contributed by atoms with Crippen LogP contribution >= 0.6 is 28.1 Å². The fourth-order valence-electron chi connectivity index (χ4n) is 3.32. The highest BCUT2D eigenvalue weighted by Crippen LogP contribution is 2.26. The lowest BCUT2D eigenvalue weighted by Crippen LogP contribution is -2.60. The van der Waals surface area contributed by atoms with E-state index in [4.69, 9.17) is 21.7 Å². The number of thiocarbonyl (C=S) groups is 1. The monoisotopic (exact) mass is 555 g/mol. The van der Waals surface area contributed by atoms with Crippen molar-refractivity contribution in [3.8, 4) is 5.75 Å².